The highest BCUT2D eigenvalue weighted by Gasteiger charge is 2.38. The lowest BCUT2D eigenvalue weighted by Crippen LogP contribution is -2.44. The topological polar surface area (TPSA) is 135 Å². The van der Waals surface area contributed by atoms with Crippen molar-refractivity contribution in [2.24, 2.45) is 17.3 Å². The minimum absolute atomic E-state index is 0.0689. The van der Waals surface area contributed by atoms with Gasteiger partial charge < -0.3 is 28.6 Å². The van der Waals surface area contributed by atoms with Gasteiger partial charge in [0, 0.05) is 32.1 Å². The zero-order valence-electron chi connectivity index (χ0n) is 41.8. The van der Waals surface area contributed by atoms with Gasteiger partial charge in [0.05, 0.1) is 6.61 Å². The van der Waals surface area contributed by atoms with Gasteiger partial charge in [0.15, 0.2) is 0 Å². The third-order valence-corrected chi connectivity index (χ3v) is 12.2. The Morgan fingerprint density at radius 2 is 0.714 bits per heavy atom. The summed E-state index contributed by atoms with van der Waals surface area (Å²) in [6, 6.07) is 0. The van der Waals surface area contributed by atoms with E-state index in [1.807, 2.05) is 0 Å². The molecule has 0 bridgehead atoms. The lowest BCUT2D eigenvalue weighted by atomic mass is 9.90. The van der Waals surface area contributed by atoms with E-state index in [-0.39, 0.29) is 88.3 Å². The number of esters is 5. The Balaban J connectivity index is 6.16. The first-order chi connectivity index (χ1) is 30.5. The number of hydrogen-bond acceptors (Lipinski definition) is 11. The maximum atomic E-state index is 13.6. The van der Waals surface area contributed by atoms with Crippen LogP contribution in [0.2, 0.25) is 0 Å². The molecule has 11 heteroatoms. The molecule has 0 aromatic carbocycles. The monoisotopic (exact) mass is 896 g/mol. The van der Waals surface area contributed by atoms with Gasteiger partial charge in [-0.25, -0.2) is 0 Å². The first-order valence-electron chi connectivity index (χ1n) is 26.0. The quantitative estimate of drug-likeness (QED) is 0.0328. The third kappa shape index (κ3) is 35.3. The van der Waals surface area contributed by atoms with Crippen LogP contribution in [0, 0.1) is 17.3 Å². The second-order valence-corrected chi connectivity index (χ2v) is 18.2. The Labute approximate surface area is 385 Å². The first kappa shape index (κ1) is 60.3. The van der Waals surface area contributed by atoms with E-state index >= 15 is 0 Å². The van der Waals surface area contributed by atoms with Gasteiger partial charge in [-0.05, 0) is 82.8 Å². The molecule has 0 aliphatic carbocycles. The number of rotatable bonds is 45. The summed E-state index contributed by atoms with van der Waals surface area (Å²) in [5, 5.41) is 0. The van der Waals surface area contributed by atoms with Crippen LogP contribution in [0.5, 0.6) is 0 Å². The van der Waals surface area contributed by atoms with Crippen LogP contribution in [-0.2, 0) is 47.7 Å². The Morgan fingerprint density at radius 1 is 0.381 bits per heavy atom. The summed E-state index contributed by atoms with van der Waals surface area (Å²) >= 11 is 0. The fraction of sp³-hybridized carbons (Fsp3) is 0.904. The van der Waals surface area contributed by atoms with Gasteiger partial charge in [0.2, 0.25) is 0 Å². The van der Waals surface area contributed by atoms with Crippen molar-refractivity contribution >= 4 is 29.8 Å². The fourth-order valence-electron chi connectivity index (χ4n) is 7.84. The molecule has 11 nitrogen and oxygen atoms in total. The van der Waals surface area contributed by atoms with Gasteiger partial charge in [-0.1, -0.05) is 151 Å². The Kier molecular flexibility index (Phi) is 40.2. The van der Waals surface area contributed by atoms with Crippen LogP contribution in [0.4, 0.5) is 0 Å². The van der Waals surface area contributed by atoms with Crippen LogP contribution in [0.25, 0.3) is 0 Å². The molecule has 0 amide bonds. The van der Waals surface area contributed by atoms with Gasteiger partial charge >= 0.3 is 29.8 Å². The molecular formula is C52H97NO10. The number of nitrogens with zero attached hydrogens (tertiary/aromatic N) is 1. The maximum Gasteiger partial charge on any atom is 0.306 e. The third-order valence-electron chi connectivity index (χ3n) is 12.2. The van der Waals surface area contributed by atoms with E-state index < -0.39 is 17.4 Å². The molecule has 0 fully saturated rings. The standard InChI is InChI=1S/C52H97NO10/c1-8-15-20-21-28-38-59-47(54)34-26-27-35-48(55)60-41-52(42-61-49(56)36-29-37-53(13-6)14-7,43-62-50(57)39-45(30-22-16-9-2)31-23-17-10-3)44-63-51(58)40-46(32-24-18-11-4)33-25-19-12-5/h45-46H,8-44H2,1-7H3. The Hall–Kier alpha value is -2.69. The number of carbonyl (C=O) groups is 5. The molecule has 0 unspecified atom stereocenters. The van der Waals surface area contributed by atoms with Crippen molar-refractivity contribution in [2.75, 3.05) is 52.7 Å². The second kappa shape index (κ2) is 42.0. The summed E-state index contributed by atoms with van der Waals surface area (Å²) in [7, 11) is 0. The highest BCUT2D eigenvalue weighted by molar-refractivity contribution is 5.72. The van der Waals surface area contributed by atoms with Gasteiger partial charge in [0.25, 0.3) is 0 Å². The molecule has 0 spiro atoms. The largest absolute Gasteiger partial charge is 0.466 e. The maximum absolute atomic E-state index is 13.6. The molecule has 0 heterocycles. The van der Waals surface area contributed by atoms with Crippen LogP contribution in [0.3, 0.4) is 0 Å². The fourth-order valence-corrected chi connectivity index (χ4v) is 7.84. The minimum Gasteiger partial charge on any atom is -0.466 e. The summed E-state index contributed by atoms with van der Waals surface area (Å²) in [5.41, 5.74) is -1.31. The minimum atomic E-state index is -1.31. The smallest absolute Gasteiger partial charge is 0.306 e. The lowest BCUT2D eigenvalue weighted by Gasteiger charge is -2.32. The van der Waals surface area contributed by atoms with Gasteiger partial charge in [-0.3, -0.25) is 24.0 Å². The molecule has 0 N–H and O–H groups in total. The van der Waals surface area contributed by atoms with Crippen LogP contribution in [-0.4, -0.2) is 87.4 Å². The van der Waals surface area contributed by atoms with Crippen LogP contribution in [0.1, 0.15) is 235 Å². The Morgan fingerprint density at radius 3 is 1.10 bits per heavy atom. The van der Waals surface area contributed by atoms with Gasteiger partial charge in [-0.15, -0.1) is 0 Å². The molecule has 0 aromatic rings. The number of unbranched alkanes of at least 4 members (excludes halogenated alkanes) is 13. The summed E-state index contributed by atoms with van der Waals surface area (Å²) in [4.78, 5) is 68.2. The van der Waals surface area contributed by atoms with E-state index in [1.54, 1.807) is 0 Å². The summed E-state index contributed by atoms with van der Waals surface area (Å²) in [5.74, 6) is -1.50. The molecule has 0 rings (SSSR count). The van der Waals surface area contributed by atoms with Crippen molar-refractivity contribution in [3.63, 3.8) is 0 Å². The summed E-state index contributed by atoms with van der Waals surface area (Å²) in [6.45, 7) is 17.0. The van der Waals surface area contributed by atoms with E-state index in [9.17, 15) is 24.0 Å². The summed E-state index contributed by atoms with van der Waals surface area (Å²) < 4.78 is 29.1. The number of ether oxygens (including phenoxy) is 5. The molecule has 0 aromatic heterocycles. The molecule has 0 aliphatic rings. The summed E-state index contributed by atoms with van der Waals surface area (Å²) in [6.07, 6.45) is 24.8. The van der Waals surface area contributed by atoms with Crippen molar-refractivity contribution in [3.8, 4) is 0 Å². The second-order valence-electron chi connectivity index (χ2n) is 18.2. The van der Waals surface area contributed by atoms with E-state index in [1.165, 1.54) is 6.42 Å². The van der Waals surface area contributed by atoms with E-state index in [2.05, 4.69) is 53.4 Å². The normalized spacial score (nSPS) is 11.7. The SMILES string of the molecule is CCCCCCCOC(=O)CCCCC(=O)OCC(COC(=O)CCCN(CC)CC)(COC(=O)CC(CCCCC)CCCCC)COC(=O)CC(CCCCC)CCCCC. The lowest BCUT2D eigenvalue weighted by molar-refractivity contribution is -0.171. The van der Waals surface area contributed by atoms with Crippen molar-refractivity contribution in [3.05, 3.63) is 0 Å². The zero-order valence-corrected chi connectivity index (χ0v) is 41.8. The molecule has 0 atom stereocenters. The Bertz CT molecular complexity index is 1080. The number of hydrogen-bond donors (Lipinski definition) is 0. The average molecular weight is 896 g/mol. The molecule has 0 radical (unpaired) electrons. The van der Waals surface area contributed by atoms with E-state index in [4.69, 9.17) is 23.7 Å². The van der Waals surface area contributed by atoms with Crippen molar-refractivity contribution < 1.29 is 47.7 Å². The predicted molar refractivity (Wildman–Crippen MR) is 254 cm³/mol. The number of carbonyl (C=O) groups excluding carboxylic acids is 5. The zero-order chi connectivity index (χ0) is 46.8. The average Bonchev–Trinajstić information content (AvgIpc) is 3.27. The molecule has 370 valence electrons. The van der Waals surface area contributed by atoms with Crippen molar-refractivity contribution in [2.45, 2.75) is 235 Å². The molecule has 0 aliphatic heterocycles. The molecule has 0 saturated carbocycles. The predicted octanol–water partition coefficient (Wildman–Crippen LogP) is 12.7. The van der Waals surface area contributed by atoms with E-state index in [0.717, 1.165) is 148 Å². The first-order valence-corrected chi connectivity index (χ1v) is 26.0. The van der Waals surface area contributed by atoms with Crippen molar-refractivity contribution in [1.29, 1.82) is 0 Å². The highest BCUT2D eigenvalue weighted by atomic mass is 16.6. The highest BCUT2D eigenvalue weighted by Crippen LogP contribution is 2.27. The van der Waals surface area contributed by atoms with Crippen LogP contribution < -0.4 is 0 Å². The molecule has 63 heavy (non-hydrogen) atoms. The molecule has 0 saturated heterocycles. The van der Waals surface area contributed by atoms with Gasteiger partial charge in [0.1, 0.15) is 31.8 Å². The molecular weight excluding hydrogens is 799 g/mol. The van der Waals surface area contributed by atoms with E-state index in [0.29, 0.717) is 25.9 Å². The van der Waals surface area contributed by atoms with Gasteiger partial charge in [-0.2, -0.15) is 0 Å². The van der Waals surface area contributed by atoms with Crippen molar-refractivity contribution in [1.82, 2.24) is 4.90 Å². The van der Waals surface area contributed by atoms with Crippen LogP contribution in [0.15, 0.2) is 0 Å². The van der Waals surface area contributed by atoms with Crippen LogP contribution >= 0.6 is 0 Å².